The van der Waals surface area contributed by atoms with Gasteiger partial charge in [0.2, 0.25) is 0 Å². The molecule has 2 aromatic rings. The van der Waals surface area contributed by atoms with Crippen LogP contribution in [-0.4, -0.2) is 27.4 Å². The average Bonchev–Trinajstić information content (AvgIpc) is 2.36. The second kappa shape index (κ2) is 5.60. The van der Waals surface area contributed by atoms with Crippen molar-refractivity contribution in [3.63, 3.8) is 0 Å². The van der Waals surface area contributed by atoms with E-state index < -0.39 is 0 Å². The van der Waals surface area contributed by atoms with Crippen LogP contribution in [0.1, 0.15) is 31.7 Å². The summed E-state index contributed by atoms with van der Waals surface area (Å²) in [5, 5.41) is 0. The number of aryl methyl sites for hydroxylation is 1. The Labute approximate surface area is 125 Å². The monoisotopic (exact) mass is 285 g/mol. The van der Waals surface area contributed by atoms with Crippen LogP contribution in [0, 0.1) is 18.8 Å². The van der Waals surface area contributed by atoms with E-state index in [1.54, 1.807) is 10.5 Å². The van der Waals surface area contributed by atoms with Crippen LogP contribution < -0.4 is 5.56 Å². The topological polar surface area (TPSA) is 37.6 Å². The summed E-state index contributed by atoms with van der Waals surface area (Å²) in [5.74, 6) is 1.44. The van der Waals surface area contributed by atoms with Gasteiger partial charge >= 0.3 is 0 Å². The van der Waals surface area contributed by atoms with Crippen molar-refractivity contribution in [3.05, 3.63) is 46.0 Å². The number of nitrogens with zero attached hydrogens (tertiary/aromatic N) is 3. The van der Waals surface area contributed by atoms with E-state index in [2.05, 4.69) is 23.7 Å². The summed E-state index contributed by atoms with van der Waals surface area (Å²) in [6.45, 7) is 9.50. The summed E-state index contributed by atoms with van der Waals surface area (Å²) in [5.41, 5.74) is 2.57. The Hall–Kier alpha value is -1.68. The summed E-state index contributed by atoms with van der Waals surface area (Å²) < 4.78 is 1.67. The van der Waals surface area contributed by atoms with E-state index >= 15 is 0 Å². The molecule has 1 aliphatic heterocycles. The molecule has 2 aromatic heterocycles. The first kappa shape index (κ1) is 14.3. The zero-order chi connectivity index (χ0) is 15.0. The van der Waals surface area contributed by atoms with Crippen molar-refractivity contribution in [2.45, 2.75) is 33.7 Å². The van der Waals surface area contributed by atoms with Crippen LogP contribution in [0.15, 0.2) is 29.1 Å². The fourth-order valence-electron chi connectivity index (χ4n) is 3.59. The summed E-state index contributed by atoms with van der Waals surface area (Å²) in [6.07, 6.45) is 1.30. The Bertz CT molecular complexity index is 697. The second-order valence-electron chi connectivity index (χ2n) is 6.59. The average molecular weight is 285 g/mol. The molecule has 4 heteroatoms. The molecule has 0 amide bonds. The molecule has 1 fully saturated rings. The van der Waals surface area contributed by atoms with Crippen LogP contribution in [0.2, 0.25) is 0 Å². The SMILES string of the molecule is Cc1cccc2nc(CN3C[C@H](C)C[C@H](C)C3)cc(=O)n12. The molecule has 0 N–H and O–H groups in total. The third-order valence-corrected chi connectivity index (χ3v) is 4.26. The van der Waals surface area contributed by atoms with Crippen molar-refractivity contribution in [2.75, 3.05) is 13.1 Å². The molecule has 0 aromatic carbocycles. The molecule has 0 spiro atoms. The summed E-state index contributed by atoms with van der Waals surface area (Å²) in [6, 6.07) is 7.47. The smallest absolute Gasteiger partial charge is 0.258 e. The number of likely N-dealkylation sites (tertiary alicyclic amines) is 1. The lowest BCUT2D eigenvalue weighted by molar-refractivity contribution is 0.133. The first-order valence-corrected chi connectivity index (χ1v) is 7.73. The fraction of sp³-hybridized carbons (Fsp3) is 0.529. The maximum absolute atomic E-state index is 12.3. The van der Waals surface area contributed by atoms with Gasteiger partial charge in [-0.05, 0) is 37.3 Å². The number of pyridine rings is 1. The minimum Gasteiger partial charge on any atom is -0.297 e. The maximum atomic E-state index is 12.3. The van der Waals surface area contributed by atoms with Crippen molar-refractivity contribution in [2.24, 2.45) is 11.8 Å². The van der Waals surface area contributed by atoms with Gasteiger partial charge in [0, 0.05) is 31.4 Å². The van der Waals surface area contributed by atoms with Gasteiger partial charge in [-0.3, -0.25) is 14.1 Å². The van der Waals surface area contributed by atoms with Gasteiger partial charge < -0.3 is 0 Å². The zero-order valence-electron chi connectivity index (χ0n) is 13.0. The van der Waals surface area contributed by atoms with E-state index in [1.807, 2.05) is 25.1 Å². The van der Waals surface area contributed by atoms with Crippen LogP contribution >= 0.6 is 0 Å². The summed E-state index contributed by atoms with van der Waals surface area (Å²) in [7, 11) is 0. The fourth-order valence-corrected chi connectivity index (χ4v) is 3.59. The van der Waals surface area contributed by atoms with Crippen molar-refractivity contribution < 1.29 is 0 Å². The number of rotatable bonds is 2. The van der Waals surface area contributed by atoms with E-state index in [9.17, 15) is 4.79 Å². The van der Waals surface area contributed by atoms with E-state index in [4.69, 9.17) is 0 Å². The first-order valence-electron chi connectivity index (χ1n) is 7.73. The molecule has 0 radical (unpaired) electrons. The predicted molar refractivity (Wildman–Crippen MR) is 84.4 cm³/mol. The van der Waals surface area contributed by atoms with Gasteiger partial charge in [-0.25, -0.2) is 4.98 Å². The van der Waals surface area contributed by atoms with Crippen molar-refractivity contribution in [1.82, 2.24) is 14.3 Å². The van der Waals surface area contributed by atoms with Crippen molar-refractivity contribution >= 4 is 5.65 Å². The summed E-state index contributed by atoms with van der Waals surface area (Å²) >= 11 is 0. The molecule has 21 heavy (non-hydrogen) atoms. The zero-order valence-corrected chi connectivity index (χ0v) is 13.0. The quantitative estimate of drug-likeness (QED) is 0.850. The lowest BCUT2D eigenvalue weighted by Gasteiger charge is -2.34. The Morgan fingerprint density at radius 2 is 1.95 bits per heavy atom. The Morgan fingerprint density at radius 3 is 2.67 bits per heavy atom. The lowest BCUT2D eigenvalue weighted by Crippen LogP contribution is -2.38. The lowest BCUT2D eigenvalue weighted by atomic mass is 9.92. The standard InChI is InChI=1S/C17H23N3O/c1-12-7-13(2)10-19(9-12)11-15-8-17(21)20-14(3)5-4-6-16(20)18-15/h4-6,8,12-13H,7,9-11H2,1-3H3/t12-,13+. The molecule has 0 aliphatic carbocycles. The molecule has 112 valence electrons. The number of hydrogen-bond donors (Lipinski definition) is 0. The highest BCUT2D eigenvalue weighted by molar-refractivity contribution is 5.40. The third kappa shape index (κ3) is 3.00. The molecular formula is C17H23N3O. The Kier molecular flexibility index (Phi) is 3.81. The minimum atomic E-state index is 0.0196. The van der Waals surface area contributed by atoms with Crippen molar-refractivity contribution in [3.8, 4) is 0 Å². The Morgan fingerprint density at radius 1 is 1.24 bits per heavy atom. The highest BCUT2D eigenvalue weighted by atomic mass is 16.1. The normalized spacial score (nSPS) is 23.6. The predicted octanol–water partition coefficient (Wildman–Crippen LogP) is 2.48. The van der Waals surface area contributed by atoms with Crippen LogP contribution in [0.3, 0.4) is 0 Å². The highest BCUT2D eigenvalue weighted by Gasteiger charge is 2.22. The molecule has 4 nitrogen and oxygen atoms in total. The highest BCUT2D eigenvalue weighted by Crippen LogP contribution is 2.22. The number of hydrogen-bond acceptors (Lipinski definition) is 3. The van der Waals surface area contributed by atoms with Gasteiger partial charge in [0.05, 0.1) is 5.69 Å². The van der Waals surface area contributed by atoms with Gasteiger partial charge in [0.25, 0.3) is 5.56 Å². The molecule has 0 saturated carbocycles. The molecule has 1 saturated heterocycles. The van der Waals surface area contributed by atoms with E-state index in [0.717, 1.165) is 48.5 Å². The van der Waals surface area contributed by atoms with Gasteiger partial charge in [0.15, 0.2) is 0 Å². The molecule has 2 atom stereocenters. The van der Waals surface area contributed by atoms with Crippen molar-refractivity contribution in [1.29, 1.82) is 0 Å². The molecular weight excluding hydrogens is 262 g/mol. The first-order chi connectivity index (χ1) is 10.0. The molecule has 0 bridgehead atoms. The van der Waals surface area contributed by atoms with E-state index in [0.29, 0.717) is 0 Å². The van der Waals surface area contributed by atoms with Gasteiger partial charge in [-0.1, -0.05) is 19.9 Å². The van der Waals surface area contributed by atoms with E-state index in [-0.39, 0.29) is 5.56 Å². The maximum Gasteiger partial charge on any atom is 0.258 e. The van der Waals surface area contributed by atoms with Gasteiger partial charge in [0.1, 0.15) is 5.65 Å². The van der Waals surface area contributed by atoms with Crippen LogP contribution in [0.5, 0.6) is 0 Å². The minimum absolute atomic E-state index is 0.0196. The van der Waals surface area contributed by atoms with E-state index in [1.165, 1.54) is 6.42 Å². The van der Waals surface area contributed by atoms with Gasteiger partial charge in [-0.2, -0.15) is 0 Å². The third-order valence-electron chi connectivity index (χ3n) is 4.26. The molecule has 3 heterocycles. The van der Waals surface area contributed by atoms with Crippen LogP contribution in [0.4, 0.5) is 0 Å². The summed E-state index contributed by atoms with van der Waals surface area (Å²) in [4.78, 5) is 19.4. The number of piperidine rings is 1. The van der Waals surface area contributed by atoms with Gasteiger partial charge in [-0.15, -0.1) is 0 Å². The van der Waals surface area contributed by atoms with Crippen LogP contribution in [-0.2, 0) is 6.54 Å². The largest absolute Gasteiger partial charge is 0.297 e. The number of aromatic nitrogens is 2. The number of fused-ring (bicyclic) bond motifs is 1. The Balaban J connectivity index is 1.90. The molecule has 1 aliphatic rings. The molecule has 0 unspecified atom stereocenters. The van der Waals surface area contributed by atoms with Crippen LogP contribution in [0.25, 0.3) is 5.65 Å². The molecule has 3 rings (SSSR count). The second-order valence-corrected chi connectivity index (χ2v) is 6.59.